The van der Waals surface area contributed by atoms with E-state index in [0.717, 1.165) is 12.8 Å². The van der Waals surface area contributed by atoms with E-state index in [4.69, 9.17) is 0 Å². The summed E-state index contributed by atoms with van der Waals surface area (Å²) in [5.41, 5.74) is 0.904. The second-order valence-electron chi connectivity index (χ2n) is 5.24. The number of benzene rings is 1. The largest absolute Gasteiger partial charge is 0.344 e. The minimum absolute atomic E-state index is 0.112. The number of carbonyl (C=O) groups excluding carboxylic acids is 2. The summed E-state index contributed by atoms with van der Waals surface area (Å²) < 4.78 is 27.2. The Balaban J connectivity index is 1.97. The van der Waals surface area contributed by atoms with Gasteiger partial charge in [0.15, 0.2) is 0 Å². The van der Waals surface area contributed by atoms with E-state index in [9.17, 15) is 18.0 Å². The molecule has 4 N–H and O–H groups in total. The second kappa shape index (κ2) is 7.42. The van der Waals surface area contributed by atoms with Gasteiger partial charge in [-0.1, -0.05) is 6.42 Å². The molecule has 9 heteroatoms. The first kappa shape index (κ1) is 17.2. The van der Waals surface area contributed by atoms with E-state index in [1.807, 2.05) is 0 Å². The van der Waals surface area contributed by atoms with Crippen molar-refractivity contribution in [3.63, 3.8) is 0 Å². The van der Waals surface area contributed by atoms with Gasteiger partial charge in [-0.3, -0.25) is 14.3 Å². The van der Waals surface area contributed by atoms with Crippen molar-refractivity contribution in [1.82, 2.24) is 10.0 Å². The third kappa shape index (κ3) is 5.22. The Kier molecular flexibility index (Phi) is 5.56. The van der Waals surface area contributed by atoms with Gasteiger partial charge in [-0.25, -0.2) is 4.72 Å². The van der Waals surface area contributed by atoms with E-state index >= 15 is 0 Å². The van der Waals surface area contributed by atoms with E-state index in [-0.39, 0.29) is 11.8 Å². The lowest BCUT2D eigenvalue weighted by molar-refractivity contribution is -0.125. The van der Waals surface area contributed by atoms with Gasteiger partial charge in [0.05, 0.1) is 0 Å². The quantitative estimate of drug-likeness (QED) is 0.626. The van der Waals surface area contributed by atoms with Gasteiger partial charge >= 0.3 is 0 Å². The SMILES string of the molecule is CNS(=O)(=O)Nc1ccc(NC(=O)[C@@H]2CCCCC(=O)N2)cc1. The summed E-state index contributed by atoms with van der Waals surface area (Å²) in [6, 6.07) is 5.72. The van der Waals surface area contributed by atoms with Crippen LogP contribution in [0.4, 0.5) is 11.4 Å². The van der Waals surface area contributed by atoms with Crippen LogP contribution in [0.3, 0.4) is 0 Å². The first-order valence-electron chi connectivity index (χ1n) is 7.31. The van der Waals surface area contributed by atoms with Crippen LogP contribution in [-0.4, -0.2) is 33.3 Å². The molecule has 0 saturated carbocycles. The molecule has 1 saturated heterocycles. The number of anilines is 2. The van der Waals surface area contributed by atoms with Crippen LogP contribution in [0.25, 0.3) is 0 Å². The highest BCUT2D eigenvalue weighted by atomic mass is 32.2. The maximum absolute atomic E-state index is 12.2. The summed E-state index contributed by atoms with van der Waals surface area (Å²) >= 11 is 0. The summed E-state index contributed by atoms with van der Waals surface area (Å²) in [6.07, 6.45) is 2.67. The highest BCUT2D eigenvalue weighted by Gasteiger charge is 2.23. The Bertz CT molecular complexity index is 673. The molecule has 1 heterocycles. The number of hydrogen-bond acceptors (Lipinski definition) is 4. The highest BCUT2D eigenvalue weighted by molar-refractivity contribution is 7.90. The molecule has 2 rings (SSSR count). The van der Waals surface area contributed by atoms with E-state index in [0.29, 0.717) is 24.2 Å². The zero-order chi connectivity index (χ0) is 16.9. The van der Waals surface area contributed by atoms with Crippen molar-refractivity contribution < 1.29 is 18.0 Å². The van der Waals surface area contributed by atoms with E-state index in [1.54, 1.807) is 12.1 Å². The van der Waals surface area contributed by atoms with Crippen LogP contribution in [0.15, 0.2) is 24.3 Å². The maximum Gasteiger partial charge on any atom is 0.298 e. The molecule has 0 bridgehead atoms. The van der Waals surface area contributed by atoms with Gasteiger partial charge in [-0.15, -0.1) is 0 Å². The summed E-state index contributed by atoms with van der Waals surface area (Å²) in [5.74, 6) is -0.386. The molecule has 0 radical (unpaired) electrons. The Labute approximate surface area is 135 Å². The van der Waals surface area contributed by atoms with Gasteiger partial charge < -0.3 is 10.6 Å². The smallest absolute Gasteiger partial charge is 0.298 e. The Morgan fingerprint density at radius 2 is 1.83 bits per heavy atom. The predicted molar refractivity (Wildman–Crippen MR) is 87.1 cm³/mol. The molecule has 0 unspecified atom stereocenters. The molecular formula is C14H20N4O4S. The van der Waals surface area contributed by atoms with E-state index < -0.39 is 16.3 Å². The van der Waals surface area contributed by atoms with E-state index in [1.165, 1.54) is 19.2 Å². The maximum atomic E-state index is 12.2. The minimum atomic E-state index is -3.57. The third-order valence-electron chi connectivity index (χ3n) is 3.47. The molecule has 1 aromatic rings. The normalized spacial score (nSPS) is 18.7. The predicted octanol–water partition coefficient (Wildman–Crippen LogP) is 0.560. The molecule has 0 spiro atoms. The summed E-state index contributed by atoms with van der Waals surface area (Å²) in [4.78, 5) is 23.7. The molecule has 1 atom stereocenters. The lowest BCUT2D eigenvalue weighted by Gasteiger charge is -2.16. The minimum Gasteiger partial charge on any atom is -0.344 e. The van der Waals surface area contributed by atoms with Crippen molar-refractivity contribution in [2.24, 2.45) is 0 Å². The number of amides is 2. The number of hydrogen-bond donors (Lipinski definition) is 4. The monoisotopic (exact) mass is 340 g/mol. The summed E-state index contributed by atoms with van der Waals surface area (Å²) in [7, 11) is -2.27. The Hall–Kier alpha value is -2.13. The van der Waals surface area contributed by atoms with Crippen molar-refractivity contribution in [3.8, 4) is 0 Å². The molecule has 0 aromatic heterocycles. The molecule has 1 fully saturated rings. The fourth-order valence-electron chi connectivity index (χ4n) is 2.23. The second-order valence-corrected chi connectivity index (χ2v) is 6.86. The molecule has 2 amide bonds. The molecule has 1 aliphatic heterocycles. The number of rotatable bonds is 5. The van der Waals surface area contributed by atoms with Crippen LogP contribution in [0.5, 0.6) is 0 Å². The third-order valence-corrected chi connectivity index (χ3v) is 4.51. The first-order chi connectivity index (χ1) is 10.9. The van der Waals surface area contributed by atoms with Crippen molar-refractivity contribution in [2.75, 3.05) is 17.1 Å². The van der Waals surface area contributed by atoms with Gasteiger partial charge in [-0.2, -0.15) is 8.42 Å². The molecule has 23 heavy (non-hydrogen) atoms. The molecule has 8 nitrogen and oxygen atoms in total. The molecule has 126 valence electrons. The Morgan fingerprint density at radius 3 is 2.48 bits per heavy atom. The summed E-state index contributed by atoms with van der Waals surface area (Å²) in [5, 5.41) is 5.42. The van der Waals surface area contributed by atoms with Crippen LogP contribution in [0.1, 0.15) is 25.7 Å². The highest BCUT2D eigenvalue weighted by Crippen LogP contribution is 2.16. The fraction of sp³-hybridized carbons (Fsp3) is 0.429. The summed E-state index contributed by atoms with van der Waals surface area (Å²) in [6.45, 7) is 0. The average molecular weight is 340 g/mol. The average Bonchev–Trinajstić information content (AvgIpc) is 2.73. The van der Waals surface area contributed by atoms with Gasteiger partial charge in [0, 0.05) is 24.8 Å². The fourth-order valence-corrected chi connectivity index (χ4v) is 2.77. The van der Waals surface area contributed by atoms with Crippen molar-refractivity contribution >= 4 is 33.4 Å². The van der Waals surface area contributed by atoms with E-state index in [2.05, 4.69) is 20.1 Å². The number of carbonyl (C=O) groups is 2. The standard InChI is InChI=1S/C14H20N4O4S/c1-15-23(21,22)18-11-8-6-10(7-9-11)16-14(20)12-4-2-3-5-13(19)17-12/h6-9,12,15,18H,2-5H2,1H3,(H,16,20)(H,17,19)/t12-/m0/s1. The van der Waals surface area contributed by atoms with Gasteiger partial charge in [0.1, 0.15) is 6.04 Å². The van der Waals surface area contributed by atoms with Gasteiger partial charge in [0.2, 0.25) is 11.8 Å². The van der Waals surface area contributed by atoms with Crippen LogP contribution in [-0.2, 0) is 19.8 Å². The Morgan fingerprint density at radius 1 is 1.17 bits per heavy atom. The molecule has 1 aromatic carbocycles. The van der Waals surface area contributed by atoms with Crippen LogP contribution >= 0.6 is 0 Å². The lowest BCUT2D eigenvalue weighted by Crippen LogP contribution is -2.42. The van der Waals surface area contributed by atoms with Crippen LogP contribution < -0.4 is 20.1 Å². The van der Waals surface area contributed by atoms with Gasteiger partial charge in [0.25, 0.3) is 10.2 Å². The van der Waals surface area contributed by atoms with Crippen molar-refractivity contribution in [2.45, 2.75) is 31.7 Å². The first-order valence-corrected chi connectivity index (χ1v) is 8.79. The topological polar surface area (TPSA) is 116 Å². The lowest BCUT2D eigenvalue weighted by atomic mass is 10.1. The van der Waals surface area contributed by atoms with Crippen LogP contribution in [0, 0.1) is 0 Å². The zero-order valence-corrected chi connectivity index (χ0v) is 13.6. The van der Waals surface area contributed by atoms with Crippen molar-refractivity contribution in [3.05, 3.63) is 24.3 Å². The van der Waals surface area contributed by atoms with Crippen LogP contribution in [0.2, 0.25) is 0 Å². The number of nitrogens with one attached hydrogen (secondary N) is 4. The molecule has 1 aliphatic rings. The zero-order valence-electron chi connectivity index (χ0n) is 12.8. The molecular weight excluding hydrogens is 320 g/mol. The molecule has 0 aliphatic carbocycles. The van der Waals surface area contributed by atoms with Gasteiger partial charge in [-0.05, 0) is 37.1 Å². The van der Waals surface area contributed by atoms with Crippen molar-refractivity contribution in [1.29, 1.82) is 0 Å².